The van der Waals surface area contributed by atoms with Crippen LogP contribution in [0.25, 0.3) is 0 Å². The van der Waals surface area contributed by atoms with Gasteiger partial charge >= 0.3 is 11.9 Å². The lowest BCUT2D eigenvalue weighted by molar-refractivity contribution is -0.163. The summed E-state index contributed by atoms with van der Waals surface area (Å²) in [5.74, 6) is -4.36. The van der Waals surface area contributed by atoms with Crippen molar-refractivity contribution in [1.82, 2.24) is 0 Å². The molecule has 1 fully saturated rings. The van der Waals surface area contributed by atoms with Crippen LogP contribution in [0.1, 0.15) is 29.9 Å². The predicted octanol–water partition coefficient (Wildman–Crippen LogP) is 3.96. The van der Waals surface area contributed by atoms with Crippen LogP contribution in [0.5, 0.6) is 0 Å². The summed E-state index contributed by atoms with van der Waals surface area (Å²) in [4.78, 5) is 36.7. The fourth-order valence-electron chi connectivity index (χ4n) is 3.54. The standard InChI is InChI=1S/C21H19BrO5/c22-15-8-6-14(7-9-15)17-10-16(23)11-18(20(24)25)19(17)21(26)27-12-13-4-2-1-3-5-13/h1-9,17-19H,10-12H2,(H,24,25)/t17-,18-,19+/m1/s1. The Morgan fingerprint density at radius 2 is 1.70 bits per heavy atom. The van der Waals surface area contributed by atoms with Crippen molar-refractivity contribution in [3.05, 3.63) is 70.2 Å². The minimum absolute atomic E-state index is 0.0729. The van der Waals surface area contributed by atoms with Gasteiger partial charge < -0.3 is 9.84 Å². The molecule has 6 heteroatoms. The van der Waals surface area contributed by atoms with Crippen LogP contribution in [0.4, 0.5) is 0 Å². The minimum atomic E-state index is -1.15. The van der Waals surface area contributed by atoms with E-state index in [2.05, 4.69) is 15.9 Å². The Hall–Kier alpha value is -2.47. The van der Waals surface area contributed by atoms with E-state index in [1.807, 2.05) is 54.6 Å². The summed E-state index contributed by atoms with van der Waals surface area (Å²) in [5, 5.41) is 9.60. The van der Waals surface area contributed by atoms with E-state index >= 15 is 0 Å². The number of carbonyl (C=O) groups is 3. The highest BCUT2D eigenvalue weighted by Crippen LogP contribution is 2.41. The van der Waals surface area contributed by atoms with Crippen molar-refractivity contribution >= 4 is 33.7 Å². The first-order valence-electron chi connectivity index (χ1n) is 8.66. The highest BCUT2D eigenvalue weighted by Gasteiger charge is 2.46. The second-order valence-electron chi connectivity index (χ2n) is 6.67. The Bertz CT molecular complexity index is 831. The van der Waals surface area contributed by atoms with Crippen LogP contribution in [-0.4, -0.2) is 22.8 Å². The monoisotopic (exact) mass is 430 g/mol. The van der Waals surface area contributed by atoms with Gasteiger partial charge in [-0.25, -0.2) is 0 Å². The first kappa shape index (κ1) is 19.3. The molecule has 1 aliphatic rings. The number of hydrogen-bond donors (Lipinski definition) is 1. The maximum absolute atomic E-state index is 12.8. The maximum atomic E-state index is 12.8. The Kier molecular flexibility index (Phi) is 6.06. The number of benzene rings is 2. The number of ether oxygens (including phenoxy) is 1. The number of halogens is 1. The first-order valence-corrected chi connectivity index (χ1v) is 9.45. The largest absolute Gasteiger partial charge is 0.481 e. The Balaban J connectivity index is 1.86. The SMILES string of the molecule is O=C1C[C@H](c2ccc(Br)cc2)[C@H](C(=O)OCc2ccccc2)[C@H](C(=O)O)C1. The molecule has 0 bridgehead atoms. The lowest BCUT2D eigenvalue weighted by Gasteiger charge is -2.34. The van der Waals surface area contributed by atoms with Gasteiger partial charge in [0.05, 0.1) is 11.8 Å². The molecular weight excluding hydrogens is 412 g/mol. The lowest BCUT2D eigenvalue weighted by Crippen LogP contribution is -2.41. The Labute approximate surface area is 165 Å². The second-order valence-corrected chi connectivity index (χ2v) is 7.58. The number of carboxylic acids is 1. The average Bonchev–Trinajstić information content (AvgIpc) is 2.66. The van der Waals surface area contributed by atoms with Crippen LogP contribution in [0.2, 0.25) is 0 Å². The molecule has 0 unspecified atom stereocenters. The van der Waals surface area contributed by atoms with Crippen LogP contribution in [0.3, 0.4) is 0 Å². The highest BCUT2D eigenvalue weighted by molar-refractivity contribution is 9.10. The van der Waals surface area contributed by atoms with Crippen LogP contribution in [-0.2, 0) is 25.7 Å². The van der Waals surface area contributed by atoms with Gasteiger partial charge in [-0.05, 0) is 23.3 Å². The van der Waals surface area contributed by atoms with E-state index in [0.717, 1.165) is 15.6 Å². The zero-order chi connectivity index (χ0) is 19.4. The van der Waals surface area contributed by atoms with E-state index in [-0.39, 0.29) is 25.2 Å². The summed E-state index contributed by atoms with van der Waals surface area (Å²) in [7, 11) is 0. The lowest BCUT2D eigenvalue weighted by atomic mass is 9.69. The molecule has 0 amide bonds. The molecule has 1 saturated carbocycles. The van der Waals surface area contributed by atoms with E-state index in [1.165, 1.54) is 0 Å². The van der Waals surface area contributed by atoms with Gasteiger partial charge in [-0.3, -0.25) is 14.4 Å². The molecule has 0 saturated heterocycles. The molecule has 1 aliphatic carbocycles. The number of ketones is 1. The molecule has 3 atom stereocenters. The number of hydrogen-bond acceptors (Lipinski definition) is 4. The fourth-order valence-corrected chi connectivity index (χ4v) is 3.80. The van der Waals surface area contributed by atoms with Crippen LogP contribution in [0, 0.1) is 11.8 Å². The zero-order valence-corrected chi connectivity index (χ0v) is 16.1. The molecule has 27 heavy (non-hydrogen) atoms. The topological polar surface area (TPSA) is 80.7 Å². The smallest absolute Gasteiger partial charge is 0.310 e. The Morgan fingerprint density at radius 3 is 2.33 bits per heavy atom. The predicted molar refractivity (Wildman–Crippen MR) is 102 cm³/mol. The molecular formula is C21H19BrO5. The summed E-state index contributed by atoms with van der Waals surface area (Å²) in [6.45, 7) is 0.0729. The summed E-state index contributed by atoms with van der Waals surface area (Å²) >= 11 is 3.36. The van der Waals surface area contributed by atoms with E-state index in [9.17, 15) is 19.5 Å². The van der Waals surface area contributed by atoms with Gasteiger partial charge in [0.15, 0.2) is 0 Å². The molecule has 1 N–H and O–H groups in total. The van der Waals surface area contributed by atoms with E-state index in [0.29, 0.717) is 0 Å². The molecule has 140 valence electrons. The first-order chi connectivity index (χ1) is 13.0. The summed E-state index contributed by atoms with van der Waals surface area (Å²) in [6, 6.07) is 16.5. The number of carbonyl (C=O) groups excluding carboxylic acids is 2. The van der Waals surface area contributed by atoms with E-state index < -0.39 is 29.7 Å². The van der Waals surface area contributed by atoms with Crippen molar-refractivity contribution in [3.63, 3.8) is 0 Å². The second kappa shape index (κ2) is 8.48. The van der Waals surface area contributed by atoms with E-state index in [4.69, 9.17) is 4.74 Å². The third-order valence-electron chi connectivity index (χ3n) is 4.87. The zero-order valence-electron chi connectivity index (χ0n) is 14.5. The molecule has 2 aromatic carbocycles. The van der Waals surface area contributed by atoms with Crippen molar-refractivity contribution in [2.45, 2.75) is 25.4 Å². The van der Waals surface area contributed by atoms with Crippen LogP contribution in [0.15, 0.2) is 59.1 Å². The molecule has 0 heterocycles. The number of Topliss-reactive ketones (excluding diaryl/α,β-unsaturated/α-hetero) is 1. The Morgan fingerprint density at radius 1 is 1.04 bits per heavy atom. The van der Waals surface area contributed by atoms with Gasteiger partial charge in [-0.1, -0.05) is 58.4 Å². The number of esters is 1. The number of aliphatic carboxylic acids is 1. The molecule has 0 spiro atoms. The molecule has 0 radical (unpaired) electrons. The summed E-state index contributed by atoms with van der Waals surface area (Å²) < 4.78 is 6.30. The number of rotatable bonds is 5. The fraction of sp³-hybridized carbons (Fsp3) is 0.286. The van der Waals surface area contributed by atoms with E-state index in [1.54, 1.807) is 0 Å². The van der Waals surface area contributed by atoms with Gasteiger partial charge in [0, 0.05) is 23.2 Å². The molecule has 3 rings (SSSR count). The third-order valence-corrected chi connectivity index (χ3v) is 5.40. The minimum Gasteiger partial charge on any atom is -0.481 e. The van der Waals surface area contributed by atoms with Gasteiger partial charge in [0.1, 0.15) is 12.4 Å². The number of carboxylic acid groups (broad SMARTS) is 1. The maximum Gasteiger partial charge on any atom is 0.310 e. The van der Waals surface area contributed by atoms with Crippen molar-refractivity contribution in [3.8, 4) is 0 Å². The average molecular weight is 431 g/mol. The highest BCUT2D eigenvalue weighted by atomic mass is 79.9. The van der Waals surface area contributed by atoms with Gasteiger partial charge in [0.25, 0.3) is 0 Å². The van der Waals surface area contributed by atoms with Crippen molar-refractivity contribution < 1.29 is 24.2 Å². The quantitative estimate of drug-likeness (QED) is 0.726. The summed E-state index contributed by atoms with van der Waals surface area (Å²) in [5.41, 5.74) is 1.59. The summed E-state index contributed by atoms with van der Waals surface area (Å²) in [6.07, 6.45) is -0.00994. The van der Waals surface area contributed by atoms with Gasteiger partial charge in [0.2, 0.25) is 0 Å². The molecule has 2 aromatic rings. The van der Waals surface area contributed by atoms with Gasteiger partial charge in [-0.2, -0.15) is 0 Å². The molecule has 0 aromatic heterocycles. The molecule has 5 nitrogen and oxygen atoms in total. The van der Waals surface area contributed by atoms with Crippen molar-refractivity contribution in [1.29, 1.82) is 0 Å². The van der Waals surface area contributed by atoms with Gasteiger partial charge in [-0.15, -0.1) is 0 Å². The van der Waals surface area contributed by atoms with Crippen molar-refractivity contribution in [2.24, 2.45) is 11.8 Å². The molecule has 0 aliphatic heterocycles. The normalized spacial score (nSPS) is 22.3. The van der Waals surface area contributed by atoms with Crippen molar-refractivity contribution in [2.75, 3.05) is 0 Å². The third kappa shape index (κ3) is 4.63. The van der Waals surface area contributed by atoms with Crippen LogP contribution < -0.4 is 0 Å². The van der Waals surface area contributed by atoms with Crippen LogP contribution >= 0.6 is 15.9 Å².